The zero-order valence-electron chi connectivity index (χ0n) is 5.41. The van der Waals surface area contributed by atoms with Crippen molar-refractivity contribution in [2.75, 3.05) is 5.88 Å². The molecule has 48 valence electrons. The Morgan fingerprint density at radius 3 is 2.50 bits per heavy atom. The first kappa shape index (κ1) is 6.41. The molecule has 1 rings (SSSR count). The van der Waals surface area contributed by atoms with Gasteiger partial charge in [-0.05, 0) is 31.1 Å². The van der Waals surface area contributed by atoms with Crippen LogP contribution < -0.4 is 0 Å². The maximum atomic E-state index is 5.54. The van der Waals surface area contributed by atoms with Crippen LogP contribution in [0.15, 0.2) is 0 Å². The standard InChI is InChI=1S/C7H13Cl/c1-7(4-5-7)3-2-6-8/h2-6H2,1H3. The molecule has 1 saturated carbocycles. The zero-order chi connectivity index (χ0) is 6.04. The molecule has 0 heterocycles. The number of alkyl halides is 1. The van der Waals surface area contributed by atoms with Gasteiger partial charge < -0.3 is 0 Å². The Bertz CT molecular complexity index is 74.5. The summed E-state index contributed by atoms with van der Waals surface area (Å²) in [5.74, 6) is 0.843. The van der Waals surface area contributed by atoms with Crippen LogP contribution in [0.5, 0.6) is 0 Å². The van der Waals surface area contributed by atoms with Crippen molar-refractivity contribution >= 4 is 11.6 Å². The van der Waals surface area contributed by atoms with Crippen LogP contribution in [0.1, 0.15) is 32.6 Å². The summed E-state index contributed by atoms with van der Waals surface area (Å²) in [4.78, 5) is 0. The lowest BCUT2D eigenvalue weighted by molar-refractivity contribution is 0.511. The second-order valence-corrected chi connectivity index (χ2v) is 3.48. The van der Waals surface area contributed by atoms with E-state index in [0.29, 0.717) is 0 Å². The summed E-state index contributed by atoms with van der Waals surface area (Å²) in [7, 11) is 0. The SMILES string of the molecule is CC1(CCCCl)CC1. The maximum absolute atomic E-state index is 5.54. The second kappa shape index (κ2) is 2.26. The van der Waals surface area contributed by atoms with Crippen molar-refractivity contribution < 1.29 is 0 Å². The van der Waals surface area contributed by atoms with Crippen molar-refractivity contribution in [3.05, 3.63) is 0 Å². The van der Waals surface area contributed by atoms with Gasteiger partial charge in [-0.2, -0.15) is 0 Å². The van der Waals surface area contributed by atoms with Crippen molar-refractivity contribution in [2.45, 2.75) is 32.6 Å². The third-order valence-corrected chi connectivity index (χ3v) is 2.28. The maximum Gasteiger partial charge on any atom is 0.0223 e. The largest absolute Gasteiger partial charge is 0.127 e. The van der Waals surface area contributed by atoms with E-state index >= 15 is 0 Å². The lowest BCUT2D eigenvalue weighted by atomic mass is 10.0. The fourth-order valence-electron chi connectivity index (χ4n) is 0.957. The fourth-order valence-corrected chi connectivity index (χ4v) is 1.09. The van der Waals surface area contributed by atoms with Crippen molar-refractivity contribution in [1.82, 2.24) is 0 Å². The predicted octanol–water partition coefficient (Wildman–Crippen LogP) is 2.81. The van der Waals surface area contributed by atoms with Crippen LogP contribution in [0, 0.1) is 5.41 Å². The molecule has 0 spiro atoms. The molecule has 0 aromatic carbocycles. The molecule has 1 heteroatoms. The van der Waals surface area contributed by atoms with Gasteiger partial charge in [0, 0.05) is 5.88 Å². The van der Waals surface area contributed by atoms with Crippen molar-refractivity contribution in [3.8, 4) is 0 Å². The molecule has 0 saturated heterocycles. The molecule has 0 aromatic heterocycles. The van der Waals surface area contributed by atoms with Gasteiger partial charge in [-0.3, -0.25) is 0 Å². The first-order chi connectivity index (χ1) is 3.77. The molecule has 0 aliphatic heterocycles. The normalized spacial score (nSPS) is 23.2. The van der Waals surface area contributed by atoms with E-state index in [9.17, 15) is 0 Å². The van der Waals surface area contributed by atoms with Crippen LogP contribution in [-0.4, -0.2) is 5.88 Å². The van der Waals surface area contributed by atoms with E-state index in [1.165, 1.54) is 25.7 Å². The smallest absolute Gasteiger partial charge is 0.0223 e. The predicted molar refractivity (Wildman–Crippen MR) is 37.3 cm³/mol. The molecule has 0 radical (unpaired) electrons. The van der Waals surface area contributed by atoms with Gasteiger partial charge in [-0.25, -0.2) is 0 Å². The van der Waals surface area contributed by atoms with E-state index in [2.05, 4.69) is 6.92 Å². The van der Waals surface area contributed by atoms with E-state index in [4.69, 9.17) is 11.6 Å². The quantitative estimate of drug-likeness (QED) is 0.518. The van der Waals surface area contributed by atoms with Crippen molar-refractivity contribution in [1.29, 1.82) is 0 Å². The van der Waals surface area contributed by atoms with E-state index in [1.807, 2.05) is 0 Å². The monoisotopic (exact) mass is 132 g/mol. The molecular formula is C7H13Cl. The number of hydrogen-bond donors (Lipinski definition) is 0. The number of halogens is 1. The topological polar surface area (TPSA) is 0 Å². The van der Waals surface area contributed by atoms with Gasteiger partial charge in [-0.15, -0.1) is 11.6 Å². The van der Waals surface area contributed by atoms with Crippen LogP contribution in [0.4, 0.5) is 0 Å². The van der Waals surface area contributed by atoms with Gasteiger partial charge in [-0.1, -0.05) is 6.92 Å². The van der Waals surface area contributed by atoms with E-state index < -0.39 is 0 Å². The highest BCUT2D eigenvalue weighted by molar-refractivity contribution is 6.17. The molecule has 8 heavy (non-hydrogen) atoms. The molecular weight excluding hydrogens is 120 g/mol. The summed E-state index contributed by atoms with van der Waals surface area (Å²) in [5, 5.41) is 0. The van der Waals surface area contributed by atoms with Gasteiger partial charge in [0.1, 0.15) is 0 Å². The molecule has 0 bridgehead atoms. The van der Waals surface area contributed by atoms with E-state index in [0.717, 1.165) is 11.3 Å². The second-order valence-electron chi connectivity index (χ2n) is 3.10. The average Bonchev–Trinajstić information content (AvgIpc) is 2.45. The molecule has 1 aliphatic rings. The highest BCUT2D eigenvalue weighted by Gasteiger charge is 2.35. The molecule has 0 nitrogen and oxygen atoms in total. The third-order valence-electron chi connectivity index (χ3n) is 2.02. The van der Waals surface area contributed by atoms with Crippen molar-refractivity contribution in [3.63, 3.8) is 0 Å². The Labute approximate surface area is 56.2 Å². The number of rotatable bonds is 3. The lowest BCUT2D eigenvalue weighted by Crippen LogP contribution is -1.91. The number of hydrogen-bond acceptors (Lipinski definition) is 0. The zero-order valence-corrected chi connectivity index (χ0v) is 6.17. The minimum absolute atomic E-state index is 0.717. The first-order valence-corrected chi connectivity index (χ1v) is 3.86. The lowest BCUT2D eigenvalue weighted by Gasteiger charge is -2.03. The van der Waals surface area contributed by atoms with Crippen LogP contribution in [-0.2, 0) is 0 Å². The fraction of sp³-hybridized carbons (Fsp3) is 1.00. The Hall–Kier alpha value is 0.290. The highest BCUT2D eigenvalue weighted by Crippen LogP contribution is 2.48. The Morgan fingerprint density at radius 1 is 1.50 bits per heavy atom. The Morgan fingerprint density at radius 2 is 2.12 bits per heavy atom. The van der Waals surface area contributed by atoms with Crippen molar-refractivity contribution in [2.24, 2.45) is 5.41 Å². The van der Waals surface area contributed by atoms with E-state index in [1.54, 1.807) is 0 Å². The first-order valence-electron chi connectivity index (χ1n) is 3.33. The molecule has 0 atom stereocenters. The van der Waals surface area contributed by atoms with Gasteiger partial charge in [0.25, 0.3) is 0 Å². The third kappa shape index (κ3) is 1.66. The molecule has 1 aliphatic carbocycles. The van der Waals surface area contributed by atoms with Gasteiger partial charge in [0.05, 0.1) is 0 Å². The molecule has 0 N–H and O–H groups in total. The summed E-state index contributed by atoms with van der Waals surface area (Å²) in [6.07, 6.45) is 5.42. The van der Waals surface area contributed by atoms with Gasteiger partial charge >= 0.3 is 0 Å². The van der Waals surface area contributed by atoms with Gasteiger partial charge in [0.2, 0.25) is 0 Å². The summed E-state index contributed by atoms with van der Waals surface area (Å²) < 4.78 is 0. The molecule has 1 fully saturated rings. The molecule has 0 unspecified atom stereocenters. The molecule has 0 amide bonds. The minimum atomic E-state index is 0.717. The summed E-state index contributed by atoms with van der Waals surface area (Å²) in [6, 6.07) is 0. The van der Waals surface area contributed by atoms with Crippen LogP contribution in [0.25, 0.3) is 0 Å². The van der Waals surface area contributed by atoms with Gasteiger partial charge in [0.15, 0.2) is 0 Å². The summed E-state index contributed by atoms with van der Waals surface area (Å²) in [6.45, 7) is 2.35. The molecule has 0 aromatic rings. The summed E-state index contributed by atoms with van der Waals surface area (Å²) >= 11 is 5.54. The van der Waals surface area contributed by atoms with Crippen LogP contribution >= 0.6 is 11.6 Å². The minimum Gasteiger partial charge on any atom is -0.127 e. The van der Waals surface area contributed by atoms with E-state index in [-0.39, 0.29) is 0 Å². The Kier molecular flexibility index (Phi) is 1.81. The Balaban J connectivity index is 2.01. The average molecular weight is 133 g/mol. The highest BCUT2D eigenvalue weighted by atomic mass is 35.5. The van der Waals surface area contributed by atoms with Crippen LogP contribution in [0.3, 0.4) is 0 Å². The van der Waals surface area contributed by atoms with Crippen LogP contribution in [0.2, 0.25) is 0 Å². The summed E-state index contributed by atoms with van der Waals surface area (Å²) in [5.41, 5.74) is 0.717.